The lowest BCUT2D eigenvalue weighted by atomic mass is 10.1. The van der Waals surface area contributed by atoms with Crippen molar-refractivity contribution in [2.24, 2.45) is 0 Å². The zero-order valence-corrected chi connectivity index (χ0v) is 11.6. The molecule has 0 unspecified atom stereocenters. The van der Waals surface area contributed by atoms with Crippen LogP contribution < -0.4 is 5.32 Å². The Morgan fingerprint density at radius 2 is 2.05 bits per heavy atom. The average molecular weight is 288 g/mol. The van der Waals surface area contributed by atoms with Crippen LogP contribution in [0.5, 0.6) is 0 Å². The Morgan fingerprint density at radius 1 is 1.38 bits per heavy atom. The Kier molecular flexibility index (Phi) is 6.65. The van der Waals surface area contributed by atoms with Crippen LogP contribution in [0.15, 0.2) is 29.8 Å². The van der Waals surface area contributed by atoms with Gasteiger partial charge in [0.15, 0.2) is 0 Å². The summed E-state index contributed by atoms with van der Waals surface area (Å²) in [7, 11) is 1.57. The number of amides is 1. The first kappa shape index (κ1) is 16.4. The molecule has 0 heterocycles. The Hall–Kier alpha value is -2.65. The summed E-state index contributed by atoms with van der Waals surface area (Å²) >= 11 is 0. The van der Waals surface area contributed by atoms with Crippen molar-refractivity contribution >= 4 is 18.0 Å². The van der Waals surface area contributed by atoms with Crippen molar-refractivity contribution in [3.63, 3.8) is 0 Å². The number of benzene rings is 1. The Bertz CT molecular complexity index is 570. The second-order valence-corrected chi connectivity index (χ2v) is 4.20. The molecule has 6 heteroatoms. The highest BCUT2D eigenvalue weighted by molar-refractivity contribution is 6.01. The summed E-state index contributed by atoms with van der Waals surface area (Å²) in [5.74, 6) is -1.49. The molecule has 2 N–H and O–H groups in total. The molecule has 0 saturated heterocycles. The Labute approximate surface area is 122 Å². The number of hydrogen-bond acceptors (Lipinski definition) is 4. The summed E-state index contributed by atoms with van der Waals surface area (Å²) in [5.41, 5.74) is 0.703. The quantitative estimate of drug-likeness (QED) is 0.449. The summed E-state index contributed by atoms with van der Waals surface area (Å²) < 4.78 is 4.86. The highest BCUT2D eigenvalue weighted by atomic mass is 16.5. The summed E-state index contributed by atoms with van der Waals surface area (Å²) in [5, 5.41) is 20.4. The fourth-order valence-corrected chi connectivity index (χ4v) is 1.55. The number of nitrogens with one attached hydrogen (secondary N) is 1. The highest BCUT2D eigenvalue weighted by Gasteiger charge is 2.08. The van der Waals surface area contributed by atoms with Gasteiger partial charge in [-0.15, -0.1) is 0 Å². The number of methoxy groups -OCH3 is 1. The molecule has 0 aliphatic rings. The van der Waals surface area contributed by atoms with Crippen molar-refractivity contribution in [3.8, 4) is 6.07 Å². The molecule has 0 fully saturated rings. The summed E-state index contributed by atoms with van der Waals surface area (Å²) in [6, 6.07) is 7.74. The fourth-order valence-electron chi connectivity index (χ4n) is 1.55. The molecule has 0 atom stereocenters. The predicted molar refractivity (Wildman–Crippen MR) is 76.5 cm³/mol. The number of carbonyl (C=O) groups is 2. The molecule has 110 valence electrons. The minimum Gasteiger partial charge on any atom is -0.478 e. The molecule has 1 rings (SSSR count). The maximum absolute atomic E-state index is 11.8. The number of nitrogens with zero attached hydrogens (tertiary/aromatic N) is 1. The third-order valence-corrected chi connectivity index (χ3v) is 2.64. The molecule has 0 saturated carbocycles. The largest absolute Gasteiger partial charge is 0.478 e. The minimum atomic E-state index is -1.03. The average Bonchev–Trinajstić information content (AvgIpc) is 2.49. The van der Waals surface area contributed by atoms with E-state index in [-0.39, 0.29) is 11.1 Å². The third kappa shape index (κ3) is 5.47. The molecule has 0 bridgehead atoms. The Balaban J connectivity index is 2.72. The van der Waals surface area contributed by atoms with E-state index >= 15 is 0 Å². The van der Waals surface area contributed by atoms with Crippen LogP contribution >= 0.6 is 0 Å². The first-order valence-corrected chi connectivity index (χ1v) is 6.30. The van der Waals surface area contributed by atoms with Gasteiger partial charge in [0.25, 0.3) is 5.91 Å². The maximum Gasteiger partial charge on any atom is 0.335 e. The molecule has 1 aromatic rings. The first-order chi connectivity index (χ1) is 10.1. The van der Waals surface area contributed by atoms with Gasteiger partial charge >= 0.3 is 5.97 Å². The van der Waals surface area contributed by atoms with Crippen LogP contribution in [0.1, 0.15) is 22.3 Å². The van der Waals surface area contributed by atoms with Crippen LogP contribution in [0.4, 0.5) is 0 Å². The van der Waals surface area contributed by atoms with Gasteiger partial charge in [0.2, 0.25) is 0 Å². The number of carboxylic acid groups (broad SMARTS) is 1. The summed E-state index contributed by atoms with van der Waals surface area (Å²) in [4.78, 5) is 22.5. The Morgan fingerprint density at radius 3 is 2.57 bits per heavy atom. The lowest BCUT2D eigenvalue weighted by molar-refractivity contribution is -0.117. The lowest BCUT2D eigenvalue weighted by Crippen LogP contribution is -2.26. The second-order valence-electron chi connectivity index (χ2n) is 4.20. The maximum atomic E-state index is 11.8. The van der Waals surface area contributed by atoms with E-state index in [0.717, 1.165) is 0 Å². The monoisotopic (exact) mass is 288 g/mol. The smallest absolute Gasteiger partial charge is 0.335 e. The number of aromatic carboxylic acids is 1. The van der Waals surface area contributed by atoms with Crippen LogP contribution in [0.25, 0.3) is 6.08 Å². The van der Waals surface area contributed by atoms with E-state index < -0.39 is 11.9 Å². The van der Waals surface area contributed by atoms with Crippen molar-refractivity contribution in [3.05, 3.63) is 41.0 Å². The number of hydrogen-bond donors (Lipinski definition) is 2. The normalized spacial score (nSPS) is 10.8. The molecule has 0 radical (unpaired) electrons. The highest BCUT2D eigenvalue weighted by Crippen LogP contribution is 2.09. The SMILES string of the molecule is COCCCNC(=O)/C(C#N)=C/c1ccc(C(=O)O)cc1. The minimum absolute atomic E-state index is 0.0320. The molecule has 1 aromatic carbocycles. The van der Waals surface area contributed by atoms with Crippen LogP contribution in [-0.4, -0.2) is 37.2 Å². The van der Waals surface area contributed by atoms with Crippen molar-refractivity contribution in [1.29, 1.82) is 5.26 Å². The van der Waals surface area contributed by atoms with Crippen molar-refractivity contribution < 1.29 is 19.4 Å². The van der Waals surface area contributed by atoms with Crippen LogP contribution in [0.3, 0.4) is 0 Å². The predicted octanol–water partition coefficient (Wildman–Crippen LogP) is 1.44. The molecule has 0 aromatic heterocycles. The van der Waals surface area contributed by atoms with Gasteiger partial charge < -0.3 is 15.2 Å². The molecule has 0 spiro atoms. The molecule has 21 heavy (non-hydrogen) atoms. The van der Waals surface area contributed by atoms with Gasteiger partial charge in [0.05, 0.1) is 5.56 Å². The van der Waals surface area contributed by atoms with Gasteiger partial charge in [0.1, 0.15) is 11.6 Å². The van der Waals surface area contributed by atoms with Gasteiger partial charge in [-0.3, -0.25) is 4.79 Å². The number of rotatable bonds is 7. The zero-order chi connectivity index (χ0) is 15.7. The lowest BCUT2D eigenvalue weighted by Gasteiger charge is -2.03. The van der Waals surface area contributed by atoms with Gasteiger partial charge in [-0.25, -0.2) is 4.79 Å². The number of carboxylic acids is 1. The van der Waals surface area contributed by atoms with E-state index in [1.54, 1.807) is 19.2 Å². The van der Waals surface area contributed by atoms with E-state index in [0.29, 0.717) is 25.1 Å². The summed E-state index contributed by atoms with van der Waals surface area (Å²) in [6.45, 7) is 0.951. The standard InChI is InChI=1S/C15H16N2O4/c1-21-8-2-7-17-14(18)13(10-16)9-11-3-5-12(6-4-11)15(19)20/h3-6,9H,2,7-8H2,1H3,(H,17,18)(H,19,20)/b13-9+. The number of ether oxygens (including phenoxy) is 1. The molecular formula is C15H16N2O4. The molecule has 1 amide bonds. The van der Waals surface area contributed by atoms with Gasteiger partial charge in [-0.05, 0) is 30.2 Å². The van der Waals surface area contributed by atoms with Crippen LogP contribution in [0, 0.1) is 11.3 Å². The van der Waals surface area contributed by atoms with Crippen LogP contribution in [0.2, 0.25) is 0 Å². The van der Waals surface area contributed by atoms with Gasteiger partial charge in [-0.2, -0.15) is 5.26 Å². The van der Waals surface area contributed by atoms with Gasteiger partial charge in [0, 0.05) is 20.3 Å². The van der Waals surface area contributed by atoms with Crippen molar-refractivity contribution in [2.75, 3.05) is 20.3 Å². The van der Waals surface area contributed by atoms with E-state index in [2.05, 4.69) is 5.32 Å². The second kappa shape index (κ2) is 8.51. The van der Waals surface area contributed by atoms with E-state index in [9.17, 15) is 9.59 Å². The molecular weight excluding hydrogens is 272 g/mol. The van der Waals surface area contributed by atoms with E-state index in [1.807, 2.05) is 6.07 Å². The number of nitriles is 1. The van der Waals surface area contributed by atoms with Crippen LogP contribution in [-0.2, 0) is 9.53 Å². The first-order valence-electron chi connectivity index (χ1n) is 6.30. The zero-order valence-electron chi connectivity index (χ0n) is 11.6. The fraction of sp³-hybridized carbons (Fsp3) is 0.267. The third-order valence-electron chi connectivity index (χ3n) is 2.64. The van der Waals surface area contributed by atoms with E-state index in [4.69, 9.17) is 15.1 Å². The topological polar surface area (TPSA) is 99.4 Å². The summed E-state index contributed by atoms with van der Waals surface area (Å²) in [6.07, 6.45) is 2.07. The number of carbonyl (C=O) groups excluding carboxylic acids is 1. The molecule has 0 aliphatic carbocycles. The molecule has 0 aliphatic heterocycles. The van der Waals surface area contributed by atoms with Gasteiger partial charge in [-0.1, -0.05) is 12.1 Å². The molecule has 6 nitrogen and oxygen atoms in total. The van der Waals surface area contributed by atoms with Crippen molar-refractivity contribution in [1.82, 2.24) is 5.32 Å². The van der Waals surface area contributed by atoms with Crippen molar-refractivity contribution in [2.45, 2.75) is 6.42 Å². The van der Waals surface area contributed by atoms with E-state index in [1.165, 1.54) is 18.2 Å².